The highest BCUT2D eigenvalue weighted by Crippen LogP contribution is 2.31. The molecule has 0 aromatic heterocycles. The lowest BCUT2D eigenvalue weighted by atomic mass is 9.78. The lowest BCUT2D eigenvalue weighted by Gasteiger charge is -2.26. The van der Waals surface area contributed by atoms with Gasteiger partial charge in [0.05, 0.1) is 0 Å². The van der Waals surface area contributed by atoms with Gasteiger partial charge in [0, 0.05) is 11.0 Å². The summed E-state index contributed by atoms with van der Waals surface area (Å²) in [4.78, 5) is 11.9. The summed E-state index contributed by atoms with van der Waals surface area (Å²) in [5, 5.41) is 0. The predicted molar refractivity (Wildman–Crippen MR) is 221 cm³/mol. The van der Waals surface area contributed by atoms with Crippen LogP contribution in [0.15, 0.2) is 152 Å². The van der Waals surface area contributed by atoms with Crippen LogP contribution in [0.4, 0.5) is 0 Å². The summed E-state index contributed by atoms with van der Waals surface area (Å²) in [7, 11) is 0. The van der Waals surface area contributed by atoms with Crippen molar-refractivity contribution < 1.29 is 4.79 Å². The number of carbonyl (C=O) groups excluding carboxylic acids is 1. The number of ketones is 1. The number of carbonyl (C=O) groups is 1. The number of hydrogen-bond acceptors (Lipinski definition) is 1. The third kappa shape index (κ3) is 12.4. The van der Waals surface area contributed by atoms with Crippen molar-refractivity contribution in [2.24, 2.45) is 0 Å². The third-order valence-electron chi connectivity index (χ3n) is 9.01. The number of allylic oxidation sites excluding steroid dienone is 1. The van der Waals surface area contributed by atoms with Crippen LogP contribution in [0.2, 0.25) is 0 Å². The second-order valence-electron chi connectivity index (χ2n) is 14.0. The highest BCUT2D eigenvalue weighted by Gasteiger charge is 2.22. The third-order valence-corrected chi connectivity index (χ3v) is 9.01. The van der Waals surface area contributed by atoms with Crippen molar-refractivity contribution in [1.29, 1.82) is 0 Å². The van der Waals surface area contributed by atoms with Gasteiger partial charge in [-0.1, -0.05) is 211 Å². The summed E-state index contributed by atoms with van der Waals surface area (Å²) in [5.41, 5.74) is 14.7. The molecule has 6 aromatic rings. The van der Waals surface area contributed by atoms with Crippen LogP contribution in [0.1, 0.15) is 85.4 Å². The van der Waals surface area contributed by atoms with Crippen molar-refractivity contribution in [2.75, 3.05) is 0 Å². The molecule has 0 bridgehead atoms. The molecular formula is C50H52O. The van der Waals surface area contributed by atoms with Crippen LogP contribution < -0.4 is 0 Å². The molecule has 0 unspecified atom stereocenters. The van der Waals surface area contributed by atoms with Gasteiger partial charge in [-0.25, -0.2) is 0 Å². The molecule has 0 N–H and O–H groups in total. The van der Waals surface area contributed by atoms with Gasteiger partial charge in [-0.15, -0.1) is 0 Å². The van der Waals surface area contributed by atoms with Crippen molar-refractivity contribution in [1.82, 2.24) is 0 Å². The van der Waals surface area contributed by atoms with E-state index in [1.807, 2.05) is 68.5 Å². The molecule has 6 rings (SSSR count). The quantitative estimate of drug-likeness (QED) is 0.0940. The average Bonchev–Trinajstić information content (AvgIpc) is 3.13. The molecule has 6 aromatic carbocycles. The van der Waals surface area contributed by atoms with Crippen LogP contribution in [0.25, 0.3) is 18.2 Å². The molecule has 258 valence electrons. The van der Waals surface area contributed by atoms with E-state index >= 15 is 0 Å². The topological polar surface area (TPSA) is 17.1 Å². The van der Waals surface area contributed by atoms with Gasteiger partial charge in [0.25, 0.3) is 0 Å². The zero-order valence-electron chi connectivity index (χ0n) is 31.6. The van der Waals surface area contributed by atoms with Crippen molar-refractivity contribution in [3.8, 4) is 0 Å². The molecule has 0 radical (unpaired) electrons. The van der Waals surface area contributed by atoms with Gasteiger partial charge in [0.2, 0.25) is 0 Å². The molecule has 0 fully saturated rings. The molecule has 51 heavy (non-hydrogen) atoms. The molecule has 0 aliphatic rings. The molecule has 0 saturated carbocycles. The van der Waals surface area contributed by atoms with E-state index in [-0.39, 0.29) is 11.2 Å². The largest absolute Gasteiger partial charge is 0.289 e. The lowest BCUT2D eigenvalue weighted by Crippen LogP contribution is -2.18. The minimum Gasteiger partial charge on any atom is -0.289 e. The Morgan fingerprint density at radius 3 is 0.941 bits per heavy atom. The second kappa shape index (κ2) is 18.5. The van der Waals surface area contributed by atoms with Gasteiger partial charge in [-0.2, -0.15) is 0 Å². The molecule has 1 heteroatoms. The van der Waals surface area contributed by atoms with E-state index in [0.29, 0.717) is 0 Å². The Morgan fingerprint density at radius 2 is 0.627 bits per heavy atom. The smallest absolute Gasteiger partial charge is 0.185 e. The van der Waals surface area contributed by atoms with Gasteiger partial charge >= 0.3 is 0 Å². The highest BCUT2D eigenvalue weighted by molar-refractivity contribution is 6.06. The lowest BCUT2D eigenvalue weighted by molar-refractivity contribution is 0.104. The van der Waals surface area contributed by atoms with Crippen molar-refractivity contribution in [3.63, 3.8) is 0 Å². The van der Waals surface area contributed by atoms with Gasteiger partial charge in [-0.3, -0.25) is 4.79 Å². The van der Waals surface area contributed by atoms with E-state index < -0.39 is 0 Å². The first-order chi connectivity index (χ1) is 24.4. The summed E-state index contributed by atoms with van der Waals surface area (Å²) in [6.45, 7) is 17.1. The molecule has 0 aliphatic heterocycles. The van der Waals surface area contributed by atoms with Gasteiger partial charge in [0.1, 0.15) is 0 Å². The summed E-state index contributed by atoms with van der Waals surface area (Å²) in [6, 6.07) is 50.5. The highest BCUT2D eigenvalue weighted by atomic mass is 16.1. The van der Waals surface area contributed by atoms with Gasteiger partial charge in [-0.05, 0) is 75.4 Å². The molecule has 1 nitrogen and oxygen atoms in total. The Morgan fingerprint density at radius 1 is 0.373 bits per heavy atom. The van der Waals surface area contributed by atoms with E-state index in [9.17, 15) is 4.79 Å². The number of rotatable bonds is 7. The fourth-order valence-corrected chi connectivity index (χ4v) is 5.32. The summed E-state index contributed by atoms with van der Waals surface area (Å²) in [6.07, 6.45) is 7.76. The Labute approximate surface area is 307 Å². The van der Waals surface area contributed by atoms with E-state index in [4.69, 9.17) is 0 Å². The number of aryl methyl sites for hydroxylation is 6. The molecule has 0 spiro atoms. The summed E-state index contributed by atoms with van der Waals surface area (Å²) >= 11 is 0. The zero-order chi connectivity index (χ0) is 36.8. The van der Waals surface area contributed by atoms with Crippen LogP contribution >= 0.6 is 0 Å². The first kappa shape index (κ1) is 38.3. The van der Waals surface area contributed by atoms with Crippen LogP contribution in [-0.4, -0.2) is 5.78 Å². The fourth-order valence-electron chi connectivity index (χ4n) is 5.32. The van der Waals surface area contributed by atoms with Crippen LogP contribution in [-0.2, 0) is 5.41 Å². The normalized spacial score (nSPS) is 11.1. The minimum atomic E-state index is 0.0376. The number of benzene rings is 6. The summed E-state index contributed by atoms with van der Waals surface area (Å²) in [5.74, 6) is 0.0376. The van der Waals surface area contributed by atoms with E-state index in [0.717, 1.165) is 16.7 Å². The maximum atomic E-state index is 11.9. The van der Waals surface area contributed by atoms with Gasteiger partial charge < -0.3 is 0 Å². The standard InChI is InChI=1S/C17H16O.C17H20.C16H16/c1-13-3-7-15(8-4-13)9-12-17(18)16-10-5-14(2)6-11-16;1-13-5-9-15(10-6-13)17(3,4)16-11-7-14(2)8-12-16;1-13-3-7-15(8-4-13)11-12-16-9-5-14(2)6-10-16/h3-12H,1-2H3;5-12H,1-4H3;3-12H,1-2H3. The van der Waals surface area contributed by atoms with E-state index in [1.54, 1.807) is 6.08 Å². The Kier molecular flexibility index (Phi) is 13.9. The minimum absolute atomic E-state index is 0.0376. The summed E-state index contributed by atoms with van der Waals surface area (Å²) < 4.78 is 0. The zero-order valence-corrected chi connectivity index (χ0v) is 31.6. The Bertz CT molecular complexity index is 1910. The second-order valence-corrected chi connectivity index (χ2v) is 14.0. The predicted octanol–water partition coefficient (Wildman–Crippen LogP) is 13.3. The Hall–Kier alpha value is -5.53. The molecular weight excluding hydrogens is 617 g/mol. The monoisotopic (exact) mass is 668 g/mol. The maximum Gasteiger partial charge on any atom is 0.185 e. The maximum absolute atomic E-state index is 11.9. The van der Waals surface area contributed by atoms with E-state index in [1.165, 1.54) is 50.1 Å². The Balaban J connectivity index is 0.000000172. The average molecular weight is 669 g/mol. The molecule has 0 amide bonds. The molecule has 0 heterocycles. The molecule has 0 atom stereocenters. The SMILES string of the molecule is Cc1ccc(C(C)(C)c2ccc(C)cc2)cc1.Cc1ccc(C=CC(=O)c2ccc(C)cc2)cc1.Cc1ccc(C=Cc2ccc(C)cc2)cc1. The fraction of sp³-hybridized carbons (Fsp3) is 0.180. The first-order valence-corrected chi connectivity index (χ1v) is 17.7. The van der Waals surface area contributed by atoms with Crippen molar-refractivity contribution >= 4 is 24.0 Å². The van der Waals surface area contributed by atoms with Crippen molar-refractivity contribution in [3.05, 3.63) is 218 Å². The number of hydrogen-bond donors (Lipinski definition) is 0. The molecule has 0 saturated heterocycles. The van der Waals surface area contributed by atoms with Gasteiger partial charge in [0.15, 0.2) is 5.78 Å². The van der Waals surface area contributed by atoms with E-state index in [2.05, 4.69) is 151 Å². The van der Waals surface area contributed by atoms with Crippen molar-refractivity contribution in [2.45, 2.75) is 60.8 Å². The van der Waals surface area contributed by atoms with Crippen LogP contribution in [0.3, 0.4) is 0 Å². The first-order valence-electron chi connectivity index (χ1n) is 17.7. The van der Waals surface area contributed by atoms with Crippen LogP contribution in [0, 0.1) is 41.5 Å². The van der Waals surface area contributed by atoms with Crippen LogP contribution in [0.5, 0.6) is 0 Å². The molecule has 0 aliphatic carbocycles.